The first-order chi connectivity index (χ1) is 6.43. The van der Waals surface area contributed by atoms with Crippen molar-refractivity contribution in [1.82, 2.24) is 0 Å². The van der Waals surface area contributed by atoms with Crippen molar-refractivity contribution in [2.45, 2.75) is 20.8 Å². The zero-order valence-electron chi connectivity index (χ0n) is 8.38. The molecule has 0 spiro atoms. The number of carbonyl (C=O) groups excluding carboxylic acids is 1. The van der Waals surface area contributed by atoms with E-state index in [1.54, 1.807) is 13.8 Å². The van der Waals surface area contributed by atoms with Gasteiger partial charge < -0.3 is 15.5 Å². The third-order valence-corrected chi connectivity index (χ3v) is 2.02. The van der Waals surface area contributed by atoms with Crippen LogP contribution in [0.5, 0.6) is 11.5 Å². The number of phenols is 2. The monoisotopic (exact) mass is 195 g/mol. The van der Waals surface area contributed by atoms with Crippen molar-refractivity contribution in [3.63, 3.8) is 0 Å². The second-order valence-corrected chi connectivity index (χ2v) is 3.24. The topological polar surface area (TPSA) is 69.6 Å². The number of hydrogen-bond donors (Lipinski definition) is 3. The number of rotatable bonds is 1. The summed E-state index contributed by atoms with van der Waals surface area (Å²) in [6.45, 7) is 4.77. The minimum Gasteiger partial charge on any atom is -0.504 e. The summed E-state index contributed by atoms with van der Waals surface area (Å²) in [7, 11) is 0. The summed E-state index contributed by atoms with van der Waals surface area (Å²) >= 11 is 0. The molecular weight excluding hydrogens is 182 g/mol. The van der Waals surface area contributed by atoms with E-state index in [9.17, 15) is 15.0 Å². The molecule has 4 nitrogen and oxygen atoms in total. The molecule has 4 heteroatoms. The molecule has 1 rings (SSSR count). The summed E-state index contributed by atoms with van der Waals surface area (Å²) in [4.78, 5) is 10.9. The molecule has 0 aliphatic rings. The lowest BCUT2D eigenvalue weighted by Gasteiger charge is -2.12. The molecule has 1 amide bonds. The van der Waals surface area contributed by atoms with Gasteiger partial charge in [-0.2, -0.15) is 0 Å². The van der Waals surface area contributed by atoms with Crippen LogP contribution in [0.15, 0.2) is 6.07 Å². The minimum absolute atomic E-state index is 0.172. The van der Waals surface area contributed by atoms with Crippen LogP contribution in [-0.4, -0.2) is 16.1 Å². The van der Waals surface area contributed by atoms with Gasteiger partial charge in [-0.1, -0.05) is 0 Å². The van der Waals surface area contributed by atoms with E-state index >= 15 is 0 Å². The molecular formula is C10H13NO3. The molecule has 0 aliphatic carbocycles. The van der Waals surface area contributed by atoms with E-state index in [0.29, 0.717) is 16.8 Å². The van der Waals surface area contributed by atoms with Gasteiger partial charge in [0.15, 0.2) is 11.5 Å². The van der Waals surface area contributed by atoms with Crippen LogP contribution in [0.25, 0.3) is 0 Å². The van der Waals surface area contributed by atoms with Crippen molar-refractivity contribution in [3.05, 3.63) is 17.2 Å². The summed E-state index contributed by atoms with van der Waals surface area (Å²) in [6.07, 6.45) is 0. The average molecular weight is 195 g/mol. The molecule has 0 heterocycles. The number of aromatic hydroxyl groups is 2. The number of aryl methyl sites for hydroxylation is 1. The first kappa shape index (κ1) is 10.4. The fourth-order valence-electron chi connectivity index (χ4n) is 1.32. The normalized spacial score (nSPS) is 9.93. The van der Waals surface area contributed by atoms with Crippen molar-refractivity contribution < 1.29 is 15.0 Å². The summed E-state index contributed by atoms with van der Waals surface area (Å²) in [5.41, 5.74) is 1.73. The van der Waals surface area contributed by atoms with Gasteiger partial charge in [-0.25, -0.2) is 0 Å². The van der Waals surface area contributed by atoms with Crippen molar-refractivity contribution in [2.75, 3.05) is 5.32 Å². The lowest BCUT2D eigenvalue weighted by molar-refractivity contribution is -0.114. The Morgan fingerprint density at radius 3 is 2.43 bits per heavy atom. The van der Waals surface area contributed by atoms with Crippen molar-refractivity contribution in [3.8, 4) is 11.5 Å². The average Bonchev–Trinajstić information content (AvgIpc) is 2.09. The van der Waals surface area contributed by atoms with Gasteiger partial charge in [-0.3, -0.25) is 4.79 Å². The van der Waals surface area contributed by atoms with Crippen LogP contribution in [0, 0.1) is 13.8 Å². The predicted molar refractivity (Wildman–Crippen MR) is 53.5 cm³/mol. The summed E-state index contributed by atoms with van der Waals surface area (Å²) in [5, 5.41) is 21.3. The predicted octanol–water partition coefficient (Wildman–Crippen LogP) is 1.67. The Bertz CT molecular complexity index is 385. The zero-order valence-corrected chi connectivity index (χ0v) is 8.38. The summed E-state index contributed by atoms with van der Waals surface area (Å²) in [5.74, 6) is -0.574. The quantitative estimate of drug-likeness (QED) is 0.471. The van der Waals surface area contributed by atoms with E-state index in [1.807, 2.05) is 0 Å². The first-order valence-corrected chi connectivity index (χ1v) is 4.23. The Labute approximate surface area is 82.2 Å². The molecule has 76 valence electrons. The van der Waals surface area contributed by atoms with E-state index in [2.05, 4.69) is 5.32 Å². The standard InChI is InChI=1S/C10H13NO3/c1-5-4-8(13)10(14)6(2)9(5)11-7(3)12/h4,13-14H,1-3H3,(H,11,12). The fraction of sp³-hybridized carbons (Fsp3) is 0.300. The van der Waals surface area contributed by atoms with Crippen LogP contribution in [0.2, 0.25) is 0 Å². The zero-order chi connectivity index (χ0) is 10.9. The van der Waals surface area contributed by atoms with E-state index in [-0.39, 0.29) is 17.4 Å². The number of nitrogens with one attached hydrogen (secondary N) is 1. The molecule has 1 aromatic carbocycles. The molecule has 14 heavy (non-hydrogen) atoms. The molecule has 0 atom stereocenters. The Hall–Kier alpha value is -1.71. The highest BCUT2D eigenvalue weighted by Gasteiger charge is 2.12. The van der Waals surface area contributed by atoms with E-state index in [4.69, 9.17) is 0 Å². The van der Waals surface area contributed by atoms with Gasteiger partial charge in [0, 0.05) is 12.5 Å². The van der Waals surface area contributed by atoms with Gasteiger partial charge in [-0.05, 0) is 25.5 Å². The molecule has 3 N–H and O–H groups in total. The maximum atomic E-state index is 10.9. The van der Waals surface area contributed by atoms with E-state index in [1.165, 1.54) is 13.0 Å². The van der Waals surface area contributed by atoms with E-state index < -0.39 is 0 Å². The largest absolute Gasteiger partial charge is 0.504 e. The number of hydrogen-bond acceptors (Lipinski definition) is 3. The van der Waals surface area contributed by atoms with Crippen molar-refractivity contribution in [2.24, 2.45) is 0 Å². The fourth-order valence-corrected chi connectivity index (χ4v) is 1.32. The SMILES string of the molecule is CC(=O)Nc1c(C)cc(O)c(O)c1C. The van der Waals surface area contributed by atoms with Crippen LogP contribution in [-0.2, 0) is 4.79 Å². The highest BCUT2D eigenvalue weighted by Crippen LogP contribution is 2.36. The van der Waals surface area contributed by atoms with Crippen molar-refractivity contribution in [1.29, 1.82) is 0 Å². The molecule has 0 aliphatic heterocycles. The maximum absolute atomic E-state index is 10.9. The Balaban J connectivity index is 3.29. The van der Waals surface area contributed by atoms with Crippen LogP contribution in [0.3, 0.4) is 0 Å². The van der Waals surface area contributed by atoms with Crippen LogP contribution < -0.4 is 5.32 Å². The van der Waals surface area contributed by atoms with Gasteiger partial charge in [0.1, 0.15) is 0 Å². The summed E-state index contributed by atoms with van der Waals surface area (Å²) in [6, 6.07) is 1.41. The molecule has 0 aromatic heterocycles. The van der Waals surface area contributed by atoms with Gasteiger partial charge in [0.25, 0.3) is 0 Å². The summed E-state index contributed by atoms with van der Waals surface area (Å²) < 4.78 is 0. The second kappa shape index (κ2) is 3.57. The van der Waals surface area contributed by atoms with Gasteiger partial charge in [-0.15, -0.1) is 0 Å². The first-order valence-electron chi connectivity index (χ1n) is 4.23. The van der Waals surface area contributed by atoms with Gasteiger partial charge >= 0.3 is 0 Å². The number of carbonyl (C=O) groups is 1. The smallest absolute Gasteiger partial charge is 0.221 e. The van der Waals surface area contributed by atoms with E-state index in [0.717, 1.165) is 0 Å². The lowest BCUT2D eigenvalue weighted by atomic mass is 10.1. The Kier molecular flexibility index (Phi) is 2.65. The van der Waals surface area contributed by atoms with Gasteiger partial charge in [0.2, 0.25) is 5.91 Å². The molecule has 0 radical (unpaired) electrons. The highest BCUT2D eigenvalue weighted by molar-refractivity contribution is 5.91. The molecule has 1 aromatic rings. The van der Waals surface area contributed by atoms with Crippen molar-refractivity contribution >= 4 is 11.6 Å². The number of phenolic OH excluding ortho intramolecular Hbond substituents is 2. The highest BCUT2D eigenvalue weighted by atomic mass is 16.3. The third kappa shape index (κ3) is 1.79. The molecule has 0 unspecified atom stereocenters. The molecule has 0 saturated carbocycles. The van der Waals surface area contributed by atoms with Crippen LogP contribution in [0.4, 0.5) is 5.69 Å². The Morgan fingerprint density at radius 1 is 1.36 bits per heavy atom. The number of anilines is 1. The van der Waals surface area contributed by atoms with Crippen LogP contribution in [0.1, 0.15) is 18.1 Å². The number of amides is 1. The third-order valence-electron chi connectivity index (χ3n) is 2.02. The second-order valence-electron chi connectivity index (χ2n) is 3.24. The number of benzene rings is 1. The lowest BCUT2D eigenvalue weighted by Crippen LogP contribution is -2.08. The van der Waals surface area contributed by atoms with Crippen LogP contribution >= 0.6 is 0 Å². The molecule has 0 saturated heterocycles. The Morgan fingerprint density at radius 2 is 1.93 bits per heavy atom. The van der Waals surface area contributed by atoms with Gasteiger partial charge in [0.05, 0.1) is 5.69 Å². The molecule has 0 fully saturated rings. The molecule has 0 bridgehead atoms. The minimum atomic E-state index is -0.207. The maximum Gasteiger partial charge on any atom is 0.221 e.